The van der Waals surface area contributed by atoms with E-state index in [0.717, 1.165) is 5.75 Å². The molecule has 106 valence electrons. The fourth-order valence-electron chi connectivity index (χ4n) is 2.85. The SMILES string of the molecule is CC(N)C(Oc1ccc2c(c1)CCCC2)c1ccsc1. The van der Waals surface area contributed by atoms with Gasteiger partial charge in [0.2, 0.25) is 0 Å². The Morgan fingerprint density at radius 1 is 1.15 bits per heavy atom. The molecule has 2 atom stereocenters. The summed E-state index contributed by atoms with van der Waals surface area (Å²) in [6.07, 6.45) is 4.91. The number of hydrogen-bond acceptors (Lipinski definition) is 3. The third-order valence-electron chi connectivity index (χ3n) is 3.93. The normalized spacial score (nSPS) is 17.3. The van der Waals surface area contributed by atoms with E-state index >= 15 is 0 Å². The van der Waals surface area contributed by atoms with Crippen LogP contribution in [0.1, 0.15) is 42.6 Å². The van der Waals surface area contributed by atoms with Crippen molar-refractivity contribution >= 4 is 11.3 Å². The lowest BCUT2D eigenvalue weighted by molar-refractivity contribution is 0.180. The van der Waals surface area contributed by atoms with Gasteiger partial charge in [-0.05, 0) is 72.7 Å². The van der Waals surface area contributed by atoms with Gasteiger partial charge in [0.1, 0.15) is 11.9 Å². The van der Waals surface area contributed by atoms with Crippen LogP contribution in [0.5, 0.6) is 5.75 Å². The fraction of sp³-hybridized carbons (Fsp3) is 0.412. The van der Waals surface area contributed by atoms with Gasteiger partial charge in [0.25, 0.3) is 0 Å². The second-order valence-corrected chi connectivity index (χ2v) is 6.37. The minimum absolute atomic E-state index is 0.0272. The Kier molecular flexibility index (Phi) is 4.08. The molecule has 1 heterocycles. The lowest BCUT2D eigenvalue weighted by Gasteiger charge is -2.23. The fourth-order valence-corrected chi connectivity index (χ4v) is 3.53. The number of benzene rings is 1. The standard InChI is InChI=1S/C17H21NOS/c1-12(18)17(15-8-9-20-11-15)19-16-7-6-13-4-2-3-5-14(13)10-16/h6-12,17H,2-5,18H2,1H3. The summed E-state index contributed by atoms with van der Waals surface area (Å²) in [7, 11) is 0. The molecule has 0 spiro atoms. The van der Waals surface area contributed by atoms with Crippen molar-refractivity contribution < 1.29 is 4.74 Å². The van der Waals surface area contributed by atoms with Crippen LogP contribution in [0.3, 0.4) is 0 Å². The number of thiophene rings is 1. The molecule has 0 fully saturated rings. The van der Waals surface area contributed by atoms with Crippen molar-refractivity contribution in [2.75, 3.05) is 0 Å². The Hall–Kier alpha value is -1.32. The Labute approximate surface area is 124 Å². The summed E-state index contributed by atoms with van der Waals surface area (Å²) in [6, 6.07) is 8.58. The number of hydrogen-bond donors (Lipinski definition) is 1. The quantitative estimate of drug-likeness (QED) is 0.919. The molecule has 0 saturated carbocycles. The van der Waals surface area contributed by atoms with Crippen molar-refractivity contribution in [1.82, 2.24) is 0 Å². The molecule has 0 radical (unpaired) electrons. The Balaban J connectivity index is 1.82. The summed E-state index contributed by atoms with van der Waals surface area (Å²) in [5, 5.41) is 4.19. The number of rotatable bonds is 4. The summed E-state index contributed by atoms with van der Waals surface area (Å²) in [5.74, 6) is 0.944. The zero-order valence-electron chi connectivity index (χ0n) is 11.8. The molecule has 2 unspecified atom stereocenters. The number of fused-ring (bicyclic) bond motifs is 1. The molecular formula is C17H21NOS. The van der Waals surface area contributed by atoms with Gasteiger partial charge in [-0.25, -0.2) is 0 Å². The molecule has 0 saturated heterocycles. The van der Waals surface area contributed by atoms with Gasteiger partial charge in [-0.2, -0.15) is 11.3 Å². The minimum Gasteiger partial charge on any atom is -0.484 e. The highest BCUT2D eigenvalue weighted by Gasteiger charge is 2.19. The molecule has 1 aliphatic carbocycles. The molecule has 2 N–H and O–H groups in total. The van der Waals surface area contributed by atoms with E-state index < -0.39 is 0 Å². The molecule has 3 rings (SSSR count). The Morgan fingerprint density at radius 3 is 2.65 bits per heavy atom. The van der Waals surface area contributed by atoms with Gasteiger partial charge >= 0.3 is 0 Å². The van der Waals surface area contributed by atoms with Gasteiger partial charge in [0.05, 0.1) is 0 Å². The van der Waals surface area contributed by atoms with Crippen LogP contribution in [0.15, 0.2) is 35.0 Å². The highest BCUT2D eigenvalue weighted by atomic mass is 32.1. The van der Waals surface area contributed by atoms with Gasteiger partial charge in [0.15, 0.2) is 0 Å². The van der Waals surface area contributed by atoms with E-state index in [9.17, 15) is 0 Å². The lowest BCUT2D eigenvalue weighted by atomic mass is 9.92. The summed E-state index contributed by atoms with van der Waals surface area (Å²) in [5.41, 5.74) is 10.2. The third-order valence-corrected chi connectivity index (χ3v) is 4.63. The van der Waals surface area contributed by atoms with Crippen LogP contribution in [0, 0.1) is 0 Å². The van der Waals surface area contributed by atoms with Crippen molar-refractivity contribution in [3.63, 3.8) is 0 Å². The monoisotopic (exact) mass is 287 g/mol. The van der Waals surface area contributed by atoms with Gasteiger partial charge in [-0.15, -0.1) is 0 Å². The van der Waals surface area contributed by atoms with Crippen LogP contribution < -0.4 is 10.5 Å². The van der Waals surface area contributed by atoms with E-state index in [1.54, 1.807) is 11.3 Å². The zero-order valence-corrected chi connectivity index (χ0v) is 12.7. The molecule has 2 aromatic rings. The first-order chi connectivity index (χ1) is 9.74. The Morgan fingerprint density at radius 2 is 1.95 bits per heavy atom. The molecule has 20 heavy (non-hydrogen) atoms. The van der Waals surface area contributed by atoms with Crippen molar-refractivity contribution in [3.8, 4) is 5.75 Å². The van der Waals surface area contributed by atoms with Crippen LogP contribution in [0.4, 0.5) is 0 Å². The van der Waals surface area contributed by atoms with Gasteiger partial charge in [-0.1, -0.05) is 6.07 Å². The maximum atomic E-state index is 6.17. The number of nitrogens with two attached hydrogens (primary N) is 1. The van der Waals surface area contributed by atoms with Gasteiger partial charge < -0.3 is 10.5 Å². The maximum Gasteiger partial charge on any atom is 0.139 e. The average molecular weight is 287 g/mol. The molecule has 0 aliphatic heterocycles. The van der Waals surface area contributed by atoms with E-state index in [0.29, 0.717) is 0 Å². The highest BCUT2D eigenvalue weighted by molar-refractivity contribution is 7.07. The molecule has 1 aromatic carbocycles. The molecule has 0 amide bonds. The topological polar surface area (TPSA) is 35.2 Å². The predicted octanol–water partition coefficient (Wildman–Crippen LogP) is 4.09. The number of aryl methyl sites for hydroxylation is 2. The van der Waals surface area contributed by atoms with Crippen LogP contribution in [-0.4, -0.2) is 6.04 Å². The number of ether oxygens (including phenoxy) is 1. The van der Waals surface area contributed by atoms with Gasteiger partial charge in [0, 0.05) is 11.6 Å². The predicted molar refractivity (Wildman–Crippen MR) is 84.4 cm³/mol. The first-order valence-corrected chi connectivity index (χ1v) is 8.24. The lowest BCUT2D eigenvalue weighted by Crippen LogP contribution is -2.28. The smallest absolute Gasteiger partial charge is 0.139 e. The van der Waals surface area contributed by atoms with Crippen LogP contribution in [-0.2, 0) is 12.8 Å². The zero-order chi connectivity index (χ0) is 13.9. The van der Waals surface area contributed by atoms with Gasteiger partial charge in [-0.3, -0.25) is 0 Å². The summed E-state index contributed by atoms with van der Waals surface area (Å²) < 4.78 is 6.17. The van der Waals surface area contributed by atoms with Crippen LogP contribution >= 0.6 is 11.3 Å². The van der Waals surface area contributed by atoms with E-state index in [1.807, 2.05) is 6.92 Å². The Bertz CT molecular complexity index is 562. The first-order valence-electron chi connectivity index (χ1n) is 7.30. The first kappa shape index (κ1) is 13.7. The molecular weight excluding hydrogens is 266 g/mol. The molecule has 1 aromatic heterocycles. The molecule has 1 aliphatic rings. The molecule has 3 heteroatoms. The molecule has 2 nitrogen and oxygen atoms in total. The van der Waals surface area contributed by atoms with Crippen molar-refractivity contribution in [2.24, 2.45) is 5.73 Å². The van der Waals surface area contributed by atoms with Crippen LogP contribution in [0.25, 0.3) is 0 Å². The second-order valence-electron chi connectivity index (χ2n) is 5.59. The van der Waals surface area contributed by atoms with E-state index in [-0.39, 0.29) is 12.1 Å². The average Bonchev–Trinajstić information content (AvgIpc) is 2.98. The third kappa shape index (κ3) is 2.89. The van der Waals surface area contributed by atoms with Crippen molar-refractivity contribution in [2.45, 2.75) is 44.8 Å². The van der Waals surface area contributed by atoms with E-state index in [2.05, 4.69) is 35.0 Å². The van der Waals surface area contributed by atoms with Crippen LogP contribution in [0.2, 0.25) is 0 Å². The van der Waals surface area contributed by atoms with Crippen molar-refractivity contribution in [3.05, 3.63) is 51.7 Å². The highest BCUT2D eigenvalue weighted by Crippen LogP contribution is 2.30. The largest absolute Gasteiger partial charge is 0.484 e. The maximum absolute atomic E-state index is 6.17. The summed E-state index contributed by atoms with van der Waals surface area (Å²) in [4.78, 5) is 0. The second kappa shape index (κ2) is 5.98. The minimum atomic E-state index is -0.0668. The van der Waals surface area contributed by atoms with E-state index in [1.165, 1.54) is 42.4 Å². The summed E-state index contributed by atoms with van der Waals surface area (Å²) >= 11 is 1.68. The van der Waals surface area contributed by atoms with E-state index in [4.69, 9.17) is 10.5 Å². The van der Waals surface area contributed by atoms with Crippen molar-refractivity contribution in [1.29, 1.82) is 0 Å². The summed E-state index contributed by atoms with van der Waals surface area (Å²) in [6.45, 7) is 2.00. The molecule has 0 bridgehead atoms.